The number of sulfonamides is 1. The molecule has 11 heteroatoms. The van der Waals surface area contributed by atoms with Gasteiger partial charge in [0, 0.05) is 18.1 Å². The predicted octanol–water partition coefficient (Wildman–Crippen LogP) is 6.48. The highest BCUT2D eigenvalue weighted by Crippen LogP contribution is 2.31. The Balaban J connectivity index is 2.03. The zero-order valence-electron chi connectivity index (χ0n) is 22.5. The number of hydrogen-bond acceptors (Lipinski definition) is 4. The minimum atomic E-state index is -4.21. The number of unbranched alkanes of at least 4 members (excludes halogenated alkanes) is 1. The molecule has 1 atom stereocenters. The predicted molar refractivity (Wildman–Crippen MR) is 162 cm³/mol. The second kappa shape index (κ2) is 14.2. The molecule has 1 N–H and O–H groups in total. The monoisotopic (exact) mass is 623 g/mol. The molecule has 0 fully saturated rings. The first-order valence-electron chi connectivity index (χ1n) is 12.8. The van der Waals surface area contributed by atoms with Crippen molar-refractivity contribution < 1.29 is 18.0 Å². The van der Waals surface area contributed by atoms with E-state index >= 15 is 0 Å². The number of amides is 2. The highest BCUT2D eigenvalue weighted by Gasteiger charge is 2.32. The Kier molecular flexibility index (Phi) is 11.3. The van der Waals surface area contributed by atoms with Crippen LogP contribution in [0.25, 0.3) is 0 Å². The van der Waals surface area contributed by atoms with Crippen LogP contribution < -0.4 is 9.62 Å². The molecule has 0 heterocycles. The van der Waals surface area contributed by atoms with E-state index < -0.39 is 28.5 Å². The fourth-order valence-electron chi connectivity index (χ4n) is 3.96. The average Bonchev–Trinajstić information content (AvgIpc) is 2.91. The number of rotatable bonds is 12. The molecule has 0 bridgehead atoms. The fourth-order valence-corrected chi connectivity index (χ4v) is 5.87. The van der Waals surface area contributed by atoms with Crippen LogP contribution in [-0.4, -0.2) is 44.3 Å². The number of aryl methyl sites for hydroxylation is 1. The number of carbonyl (C=O) groups is 2. The van der Waals surface area contributed by atoms with Crippen LogP contribution in [0.5, 0.6) is 0 Å². The molecule has 40 heavy (non-hydrogen) atoms. The molecule has 3 aromatic rings. The number of nitrogens with zero attached hydrogens (tertiary/aromatic N) is 2. The normalized spacial score (nSPS) is 12.1. The third-order valence-corrected chi connectivity index (χ3v) is 9.08. The molecule has 2 amide bonds. The maximum atomic E-state index is 13.9. The van der Waals surface area contributed by atoms with Crippen molar-refractivity contribution in [1.82, 2.24) is 10.2 Å². The van der Waals surface area contributed by atoms with E-state index in [2.05, 4.69) is 5.32 Å². The van der Waals surface area contributed by atoms with E-state index in [1.807, 2.05) is 13.8 Å². The first-order chi connectivity index (χ1) is 18.9. The summed E-state index contributed by atoms with van der Waals surface area (Å²) in [5.74, 6) is -0.925. The first-order valence-corrected chi connectivity index (χ1v) is 15.4. The van der Waals surface area contributed by atoms with Gasteiger partial charge in [0.1, 0.15) is 12.6 Å². The Morgan fingerprint density at radius 3 is 2.27 bits per heavy atom. The molecule has 0 aliphatic carbocycles. The molecule has 3 aromatic carbocycles. The molecule has 0 unspecified atom stereocenters. The molecular weight excluding hydrogens is 593 g/mol. The zero-order valence-corrected chi connectivity index (χ0v) is 25.6. The summed E-state index contributed by atoms with van der Waals surface area (Å²) in [7, 11) is -4.21. The molecule has 0 saturated heterocycles. The van der Waals surface area contributed by atoms with Crippen molar-refractivity contribution in [3.8, 4) is 0 Å². The maximum Gasteiger partial charge on any atom is 0.264 e. The highest BCUT2D eigenvalue weighted by molar-refractivity contribution is 7.92. The summed E-state index contributed by atoms with van der Waals surface area (Å²) in [6.07, 6.45) is 1.69. The summed E-state index contributed by atoms with van der Waals surface area (Å²) in [6, 6.07) is 16.7. The van der Waals surface area contributed by atoms with Gasteiger partial charge in [-0.05, 0) is 68.3 Å². The molecule has 7 nitrogen and oxygen atoms in total. The van der Waals surface area contributed by atoms with Gasteiger partial charge in [0.15, 0.2) is 0 Å². The molecule has 0 aliphatic rings. The van der Waals surface area contributed by atoms with Crippen LogP contribution in [0.1, 0.15) is 37.8 Å². The van der Waals surface area contributed by atoms with Crippen LogP contribution in [0.2, 0.25) is 15.1 Å². The Hall–Kier alpha value is -2.78. The number of benzene rings is 3. The Morgan fingerprint density at radius 1 is 0.950 bits per heavy atom. The van der Waals surface area contributed by atoms with Crippen LogP contribution in [-0.2, 0) is 26.2 Å². The van der Waals surface area contributed by atoms with E-state index in [0.717, 1.165) is 22.7 Å². The highest BCUT2D eigenvalue weighted by atomic mass is 35.5. The van der Waals surface area contributed by atoms with E-state index in [-0.39, 0.29) is 33.1 Å². The molecule has 214 valence electrons. The van der Waals surface area contributed by atoms with Crippen LogP contribution in [0, 0.1) is 6.92 Å². The SMILES string of the molecule is CCCCNC(=O)[C@@H](C)N(Cc1cccc(Cl)c1)C(=O)CN(c1ccc(Cl)c(Cl)c1)S(=O)(=O)c1ccc(C)cc1. The Morgan fingerprint density at radius 2 is 1.65 bits per heavy atom. The van der Waals surface area contributed by atoms with Gasteiger partial charge in [0.05, 0.1) is 20.6 Å². The van der Waals surface area contributed by atoms with Gasteiger partial charge in [-0.3, -0.25) is 13.9 Å². The van der Waals surface area contributed by atoms with Crippen molar-refractivity contribution in [2.24, 2.45) is 0 Å². The van der Waals surface area contributed by atoms with E-state index in [1.54, 1.807) is 43.3 Å². The maximum absolute atomic E-state index is 13.9. The van der Waals surface area contributed by atoms with Gasteiger partial charge in [-0.1, -0.05) is 78.0 Å². The van der Waals surface area contributed by atoms with Crippen molar-refractivity contribution in [3.05, 3.63) is 92.9 Å². The summed E-state index contributed by atoms with van der Waals surface area (Å²) in [5.41, 5.74) is 1.73. The van der Waals surface area contributed by atoms with Gasteiger partial charge in [0.2, 0.25) is 11.8 Å². The van der Waals surface area contributed by atoms with Crippen LogP contribution in [0.3, 0.4) is 0 Å². The lowest BCUT2D eigenvalue weighted by molar-refractivity contribution is -0.139. The lowest BCUT2D eigenvalue weighted by Gasteiger charge is -2.32. The van der Waals surface area contributed by atoms with Gasteiger partial charge >= 0.3 is 0 Å². The van der Waals surface area contributed by atoms with Gasteiger partial charge in [0.25, 0.3) is 10.0 Å². The summed E-state index contributed by atoms with van der Waals surface area (Å²) >= 11 is 18.5. The number of carbonyl (C=O) groups excluding carboxylic acids is 2. The number of anilines is 1. The molecule has 0 radical (unpaired) electrons. The topological polar surface area (TPSA) is 86.8 Å². The molecule has 0 aliphatic heterocycles. The Bertz CT molecular complexity index is 1450. The second-order valence-electron chi connectivity index (χ2n) is 9.40. The smallest absolute Gasteiger partial charge is 0.264 e. The lowest BCUT2D eigenvalue weighted by Crippen LogP contribution is -2.51. The van der Waals surface area contributed by atoms with Crippen molar-refractivity contribution in [3.63, 3.8) is 0 Å². The Labute approximate surface area is 251 Å². The summed E-state index contributed by atoms with van der Waals surface area (Å²) in [4.78, 5) is 28.3. The van der Waals surface area contributed by atoms with Crippen molar-refractivity contribution >= 4 is 62.3 Å². The van der Waals surface area contributed by atoms with Gasteiger partial charge < -0.3 is 10.2 Å². The summed E-state index contributed by atoms with van der Waals surface area (Å²) < 4.78 is 28.7. The van der Waals surface area contributed by atoms with Crippen LogP contribution >= 0.6 is 34.8 Å². The summed E-state index contributed by atoms with van der Waals surface area (Å²) in [6.45, 7) is 5.40. The van der Waals surface area contributed by atoms with Crippen LogP contribution in [0.4, 0.5) is 5.69 Å². The van der Waals surface area contributed by atoms with E-state index in [0.29, 0.717) is 17.1 Å². The quantitative estimate of drug-likeness (QED) is 0.234. The molecule has 0 spiro atoms. The minimum absolute atomic E-state index is 0.00345. The number of halogens is 3. The summed E-state index contributed by atoms with van der Waals surface area (Å²) in [5, 5.41) is 3.70. The van der Waals surface area contributed by atoms with Crippen molar-refractivity contribution in [2.75, 3.05) is 17.4 Å². The third kappa shape index (κ3) is 8.13. The largest absolute Gasteiger partial charge is 0.354 e. The lowest BCUT2D eigenvalue weighted by atomic mass is 10.1. The standard InChI is InChI=1S/C29H32Cl3N3O4S/c1-4-5-15-33-29(37)21(3)34(18-22-7-6-8-23(30)16-22)28(36)19-35(24-11-14-26(31)27(32)17-24)40(38,39)25-12-9-20(2)10-13-25/h6-14,16-17,21H,4-5,15,18-19H2,1-3H3,(H,33,37)/t21-/m1/s1. The van der Waals surface area contributed by atoms with E-state index in [9.17, 15) is 18.0 Å². The molecule has 0 aromatic heterocycles. The van der Waals surface area contributed by atoms with Gasteiger partial charge in [-0.25, -0.2) is 8.42 Å². The van der Waals surface area contributed by atoms with E-state index in [4.69, 9.17) is 34.8 Å². The fraction of sp³-hybridized carbons (Fsp3) is 0.310. The van der Waals surface area contributed by atoms with Crippen molar-refractivity contribution in [2.45, 2.75) is 51.1 Å². The molecule has 0 saturated carbocycles. The average molecular weight is 625 g/mol. The first kappa shape index (κ1) is 31.7. The molecule has 3 rings (SSSR count). The number of nitrogens with one attached hydrogen (secondary N) is 1. The third-order valence-electron chi connectivity index (χ3n) is 6.32. The minimum Gasteiger partial charge on any atom is -0.354 e. The van der Waals surface area contributed by atoms with Gasteiger partial charge in [-0.15, -0.1) is 0 Å². The van der Waals surface area contributed by atoms with E-state index in [1.165, 1.54) is 35.2 Å². The second-order valence-corrected chi connectivity index (χ2v) is 12.5. The van der Waals surface area contributed by atoms with Crippen LogP contribution in [0.15, 0.2) is 71.6 Å². The van der Waals surface area contributed by atoms with Gasteiger partial charge in [-0.2, -0.15) is 0 Å². The zero-order chi connectivity index (χ0) is 29.4. The van der Waals surface area contributed by atoms with Crippen molar-refractivity contribution in [1.29, 1.82) is 0 Å². The number of hydrogen-bond donors (Lipinski definition) is 1. The molecular formula is C29H32Cl3N3O4S.